The summed E-state index contributed by atoms with van der Waals surface area (Å²) in [5.41, 5.74) is 1.62. The first-order chi connectivity index (χ1) is 9.24. The molecule has 0 saturated carbocycles. The van der Waals surface area contributed by atoms with Crippen molar-refractivity contribution in [2.45, 2.75) is 13.0 Å². The fraction of sp³-hybridized carbons (Fsp3) is 0.154. The molecule has 2 heterocycles. The maximum absolute atomic E-state index is 9.59. The number of aryl methyl sites for hydroxylation is 2. The van der Waals surface area contributed by atoms with E-state index in [4.69, 9.17) is 0 Å². The first kappa shape index (κ1) is 11.5. The van der Waals surface area contributed by atoms with Crippen molar-refractivity contribution in [3.63, 3.8) is 0 Å². The minimum atomic E-state index is -0.452. The van der Waals surface area contributed by atoms with Gasteiger partial charge in [-0.05, 0) is 12.0 Å². The Morgan fingerprint density at radius 1 is 1.05 bits per heavy atom. The number of hydrogen-bond donors (Lipinski definition) is 2. The molecule has 19 heavy (non-hydrogen) atoms. The SMILES string of the molecule is Oc1nc(O)c2cnn(CCc3ccccc3)c2n1. The molecule has 0 bridgehead atoms. The summed E-state index contributed by atoms with van der Waals surface area (Å²) in [6.07, 6.45) is 2.29. The highest BCUT2D eigenvalue weighted by molar-refractivity contribution is 5.79. The number of fused-ring (bicyclic) bond motifs is 1. The number of rotatable bonds is 3. The Labute approximate surface area is 109 Å². The standard InChI is InChI=1S/C13H12N4O2/c18-12-10-8-14-17(11(10)15-13(19)16-12)7-6-9-4-2-1-3-5-9/h1-5,8H,6-7H2,(H2,15,16,18,19). The molecule has 0 saturated heterocycles. The Balaban J connectivity index is 1.89. The van der Waals surface area contributed by atoms with E-state index in [0.29, 0.717) is 17.6 Å². The molecule has 2 aromatic heterocycles. The molecular weight excluding hydrogens is 244 g/mol. The van der Waals surface area contributed by atoms with E-state index in [1.54, 1.807) is 4.68 Å². The normalized spacial score (nSPS) is 10.9. The molecule has 0 spiro atoms. The molecule has 0 fully saturated rings. The molecule has 96 valence electrons. The summed E-state index contributed by atoms with van der Waals surface area (Å²) in [5.74, 6) is -0.256. The number of benzene rings is 1. The molecule has 0 unspecified atom stereocenters. The largest absolute Gasteiger partial charge is 0.493 e. The zero-order chi connectivity index (χ0) is 13.2. The van der Waals surface area contributed by atoms with E-state index in [1.807, 2.05) is 30.3 Å². The van der Waals surface area contributed by atoms with Gasteiger partial charge in [-0.3, -0.25) is 0 Å². The Kier molecular flexibility index (Phi) is 2.75. The van der Waals surface area contributed by atoms with Crippen LogP contribution in [0.5, 0.6) is 11.9 Å². The maximum atomic E-state index is 9.59. The van der Waals surface area contributed by atoms with Gasteiger partial charge < -0.3 is 10.2 Å². The van der Waals surface area contributed by atoms with Crippen LogP contribution in [0.4, 0.5) is 0 Å². The van der Waals surface area contributed by atoms with Crippen molar-refractivity contribution in [1.29, 1.82) is 0 Å². The summed E-state index contributed by atoms with van der Waals surface area (Å²) in [6, 6.07) is 9.56. The smallest absolute Gasteiger partial charge is 0.319 e. The van der Waals surface area contributed by atoms with Gasteiger partial charge in [0, 0.05) is 6.54 Å². The van der Waals surface area contributed by atoms with Crippen molar-refractivity contribution in [2.24, 2.45) is 0 Å². The number of hydrogen-bond acceptors (Lipinski definition) is 5. The van der Waals surface area contributed by atoms with Crippen LogP contribution < -0.4 is 0 Å². The van der Waals surface area contributed by atoms with Crippen LogP contribution in [0.3, 0.4) is 0 Å². The fourth-order valence-corrected chi connectivity index (χ4v) is 1.97. The molecule has 0 radical (unpaired) electrons. The summed E-state index contributed by atoms with van der Waals surface area (Å²) in [6.45, 7) is 0.614. The fourth-order valence-electron chi connectivity index (χ4n) is 1.97. The quantitative estimate of drug-likeness (QED) is 0.741. The molecular formula is C13H12N4O2. The third-order valence-electron chi connectivity index (χ3n) is 2.92. The number of aromatic nitrogens is 4. The minimum Gasteiger partial charge on any atom is -0.493 e. The van der Waals surface area contributed by atoms with Crippen LogP contribution in [0, 0.1) is 0 Å². The van der Waals surface area contributed by atoms with Gasteiger partial charge in [0.25, 0.3) is 0 Å². The van der Waals surface area contributed by atoms with Gasteiger partial charge in [-0.2, -0.15) is 15.1 Å². The lowest BCUT2D eigenvalue weighted by atomic mass is 10.1. The molecule has 0 aliphatic heterocycles. The van der Waals surface area contributed by atoms with Crippen molar-refractivity contribution in [3.05, 3.63) is 42.1 Å². The Bertz CT molecular complexity index is 709. The van der Waals surface area contributed by atoms with Crippen LogP contribution in [0.25, 0.3) is 11.0 Å². The summed E-state index contributed by atoms with van der Waals surface area (Å²) in [5, 5.41) is 23.5. The van der Waals surface area contributed by atoms with E-state index in [-0.39, 0.29) is 5.88 Å². The van der Waals surface area contributed by atoms with Crippen LogP contribution in [0.2, 0.25) is 0 Å². The summed E-state index contributed by atoms with van der Waals surface area (Å²) < 4.78 is 1.64. The third kappa shape index (κ3) is 2.20. The maximum Gasteiger partial charge on any atom is 0.319 e. The molecule has 0 atom stereocenters. The summed E-state index contributed by atoms with van der Waals surface area (Å²) in [7, 11) is 0. The van der Waals surface area contributed by atoms with Crippen molar-refractivity contribution in [3.8, 4) is 11.9 Å². The second-order valence-electron chi connectivity index (χ2n) is 4.19. The Hall–Kier alpha value is -2.63. The summed E-state index contributed by atoms with van der Waals surface area (Å²) >= 11 is 0. The van der Waals surface area contributed by atoms with E-state index in [1.165, 1.54) is 11.8 Å². The van der Waals surface area contributed by atoms with E-state index in [2.05, 4.69) is 15.1 Å². The number of aromatic hydroxyl groups is 2. The Morgan fingerprint density at radius 3 is 2.63 bits per heavy atom. The van der Waals surface area contributed by atoms with Crippen molar-refractivity contribution >= 4 is 11.0 Å². The lowest BCUT2D eigenvalue weighted by Crippen LogP contribution is -2.04. The second-order valence-corrected chi connectivity index (χ2v) is 4.19. The van der Waals surface area contributed by atoms with E-state index in [0.717, 1.165) is 6.42 Å². The summed E-state index contributed by atoms with van der Waals surface area (Å²) in [4.78, 5) is 7.37. The monoisotopic (exact) mass is 256 g/mol. The molecule has 2 N–H and O–H groups in total. The van der Waals surface area contributed by atoms with Crippen LogP contribution in [0.15, 0.2) is 36.5 Å². The van der Waals surface area contributed by atoms with Gasteiger partial charge in [-0.15, -0.1) is 0 Å². The average molecular weight is 256 g/mol. The molecule has 0 amide bonds. The number of nitrogens with zero attached hydrogens (tertiary/aromatic N) is 4. The van der Waals surface area contributed by atoms with Gasteiger partial charge >= 0.3 is 6.01 Å². The first-order valence-corrected chi connectivity index (χ1v) is 5.89. The topological polar surface area (TPSA) is 84.1 Å². The van der Waals surface area contributed by atoms with Crippen LogP contribution in [0.1, 0.15) is 5.56 Å². The van der Waals surface area contributed by atoms with Gasteiger partial charge in [0.2, 0.25) is 5.88 Å². The zero-order valence-corrected chi connectivity index (χ0v) is 10.1. The van der Waals surface area contributed by atoms with Gasteiger partial charge in [-0.1, -0.05) is 30.3 Å². The lowest BCUT2D eigenvalue weighted by molar-refractivity contribution is 0.402. The zero-order valence-electron chi connectivity index (χ0n) is 10.1. The van der Waals surface area contributed by atoms with Gasteiger partial charge in [0.05, 0.1) is 6.20 Å². The van der Waals surface area contributed by atoms with E-state index in [9.17, 15) is 10.2 Å². The predicted molar refractivity (Wildman–Crippen MR) is 68.8 cm³/mol. The highest BCUT2D eigenvalue weighted by atomic mass is 16.3. The van der Waals surface area contributed by atoms with Gasteiger partial charge in [0.15, 0.2) is 5.65 Å². The van der Waals surface area contributed by atoms with E-state index >= 15 is 0 Å². The van der Waals surface area contributed by atoms with Crippen molar-refractivity contribution < 1.29 is 10.2 Å². The van der Waals surface area contributed by atoms with Crippen LogP contribution in [-0.4, -0.2) is 30.0 Å². The molecule has 0 aliphatic carbocycles. The predicted octanol–water partition coefficient (Wildman–Crippen LogP) is 1.48. The van der Waals surface area contributed by atoms with Crippen molar-refractivity contribution in [2.75, 3.05) is 0 Å². The molecule has 1 aromatic carbocycles. The first-order valence-electron chi connectivity index (χ1n) is 5.89. The highest BCUT2D eigenvalue weighted by Crippen LogP contribution is 2.22. The molecule has 0 aliphatic rings. The minimum absolute atomic E-state index is 0.256. The molecule has 3 rings (SSSR count). The van der Waals surface area contributed by atoms with Gasteiger partial charge in [-0.25, -0.2) is 4.68 Å². The molecule has 6 heteroatoms. The second kappa shape index (κ2) is 4.56. The third-order valence-corrected chi connectivity index (χ3v) is 2.92. The van der Waals surface area contributed by atoms with Gasteiger partial charge in [0.1, 0.15) is 5.39 Å². The van der Waals surface area contributed by atoms with Crippen LogP contribution >= 0.6 is 0 Å². The van der Waals surface area contributed by atoms with Crippen LogP contribution in [-0.2, 0) is 13.0 Å². The highest BCUT2D eigenvalue weighted by Gasteiger charge is 2.11. The Morgan fingerprint density at radius 2 is 1.84 bits per heavy atom. The molecule has 3 aromatic rings. The lowest BCUT2D eigenvalue weighted by Gasteiger charge is -2.03. The van der Waals surface area contributed by atoms with E-state index < -0.39 is 6.01 Å². The van der Waals surface area contributed by atoms with Crippen molar-refractivity contribution in [1.82, 2.24) is 19.7 Å². The average Bonchev–Trinajstić information content (AvgIpc) is 2.81. The molecule has 6 nitrogen and oxygen atoms in total.